The number of aryl methyl sites for hydroxylation is 1. The highest BCUT2D eigenvalue weighted by molar-refractivity contribution is 6.04. The second-order valence-corrected chi connectivity index (χ2v) is 4.73. The van der Waals surface area contributed by atoms with Gasteiger partial charge in [0.25, 0.3) is 5.91 Å². The molecule has 110 valence electrons. The van der Waals surface area contributed by atoms with Crippen molar-refractivity contribution in [2.75, 3.05) is 5.32 Å². The second-order valence-electron chi connectivity index (χ2n) is 4.73. The maximum absolute atomic E-state index is 13.5. The molecule has 0 spiro atoms. The quantitative estimate of drug-likeness (QED) is 0.778. The van der Waals surface area contributed by atoms with Crippen molar-refractivity contribution in [3.63, 3.8) is 0 Å². The molecule has 0 aliphatic heterocycles. The van der Waals surface area contributed by atoms with Crippen LogP contribution in [0.1, 0.15) is 15.9 Å². The van der Waals surface area contributed by atoms with E-state index in [1.165, 1.54) is 6.07 Å². The standard InChI is InChI=1S/C15H12FN5O/c1-9-5-6-11(8-13(9)16)15(22)17-12-4-2-3-10(7-12)14-18-20-21-19-14/h2-8H,1H3,(H,17,22)(H,18,19,20,21). The molecule has 0 atom stereocenters. The Morgan fingerprint density at radius 2 is 2.09 bits per heavy atom. The van der Waals surface area contributed by atoms with E-state index in [1.54, 1.807) is 43.3 Å². The molecule has 0 radical (unpaired) electrons. The highest BCUT2D eigenvalue weighted by atomic mass is 19.1. The van der Waals surface area contributed by atoms with Crippen LogP contribution < -0.4 is 5.32 Å². The molecular weight excluding hydrogens is 285 g/mol. The molecule has 3 aromatic rings. The average Bonchev–Trinajstić information content (AvgIpc) is 3.04. The molecule has 0 aliphatic carbocycles. The van der Waals surface area contributed by atoms with Gasteiger partial charge in [0.15, 0.2) is 0 Å². The van der Waals surface area contributed by atoms with Crippen molar-refractivity contribution in [2.24, 2.45) is 0 Å². The van der Waals surface area contributed by atoms with Crippen molar-refractivity contribution in [3.8, 4) is 11.4 Å². The lowest BCUT2D eigenvalue weighted by Crippen LogP contribution is -2.12. The van der Waals surface area contributed by atoms with Crippen LogP contribution in [0.2, 0.25) is 0 Å². The molecule has 0 unspecified atom stereocenters. The first kappa shape index (κ1) is 13.9. The zero-order valence-corrected chi connectivity index (χ0v) is 11.7. The first-order chi connectivity index (χ1) is 10.6. The topological polar surface area (TPSA) is 83.6 Å². The maximum atomic E-state index is 13.5. The molecule has 1 aromatic heterocycles. The number of aromatic nitrogens is 4. The number of hydrogen-bond donors (Lipinski definition) is 2. The predicted molar refractivity (Wildman–Crippen MR) is 78.7 cm³/mol. The fourth-order valence-corrected chi connectivity index (χ4v) is 1.96. The van der Waals surface area contributed by atoms with Crippen LogP contribution in [0.3, 0.4) is 0 Å². The first-order valence-electron chi connectivity index (χ1n) is 6.55. The third-order valence-electron chi connectivity index (χ3n) is 3.16. The number of hydrogen-bond acceptors (Lipinski definition) is 4. The summed E-state index contributed by atoms with van der Waals surface area (Å²) in [5, 5.41) is 16.3. The van der Waals surface area contributed by atoms with Gasteiger partial charge < -0.3 is 5.32 Å². The van der Waals surface area contributed by atoms with Crippen molar-refractivity contribution in [1.29, 1.82) is 0 Å². The summed E-state index contributed by atoms with van der Waals surface area (Å²) in [7, 11) is 0. The number of carbonyl (C=O) groups excluding carboxylic acids is 1. The minimum absolute atomic E-state index is 0.257. The van der Waals surface area contributed by atoms with Gasteiger partial charge in [-0.1, -0.05) is 18.2 Å². The number of aromatic amines is 1. The van der Waals surface area contributed by atoms with E-state index >= 15 is 0 Å². The minimum atomic E-state index is -0.409. The Labute approximate surface area is 125 Å². The summed E-state index contributed by atoms with van der Waals surface area (Å²) < 4.78 is 13.5. The van der Waals surface area contributed by atoms with Gasteiger partial charge in [-0.25, -0.2) is 4.39 Å². The normalized spacial score (nSPS) is 10.5. The van der Waals surface area contributed by atoms with Crippen LogP contribution in [0.25, 0.3) is 11.4 Å². The number of carbonyl (C=O) groups is 1. The Morgan fingerprint density at radius 1 is 1.23 bits per heavy atom. The fourth-order valence-electron chi connectivity index (χ4n) is 1.96. The lowest BCUT2D eigenvalue weighted by molar-refractivity contribution is 0.102. The number of amides is 1. The molecule has 2 aromatic carbocycles. The van der Waals surface area contributed by atoms with Crippen LogP contribution in [-0.4, -0.2) is 26.5 Å². The summed E-state index contributed by atoms with van der Waals surface area (Å²) in [6, 6.07) is 11.4. The molecule has 1 heterocycles. The number of H-pyrrole nitrogens is 1. The number of halogens is 1. The minimum Gasteiger partial charge on any atom is -0.322 e. The first-order valence-corrected chi connectivity index (χ1v) is 6.55. The fraction of sp³-hybridized carbons (Fsp3) is 0.0667. The highest BCUT2D eigenvalue weighted by Crippen LogP contribution is 2.19. The molecule has 7 heteroatoms. The smallest absolute Gasteiger partial charge is 0.255 e. The third kappa shape index (κ3) is 2.83. The summed E-state index contributed by atoms with van der Waals surface area (Å²) in [4.78, 5) is 12.1. The second kappa shape index (κ2) is 5.72. The van der Waals surface area contributed by atoms with E-state index in [0.717, 1.165) is 0 Å². The zero-order valence-electron chi connectivity index (χ0n) is 11.7. The molecule has 3 rings (SSSR count). The van der Waals surface area contributed by atoms with E-state index in [-0.39, 0.29) is 11.5 Å². The molecule has 0 saturated heterocycles. The zero-order chi connectivity index (χ0) is 15.5. The monoisotopic (exact) mass is 297 g/mol. The number of benzene rings is 2. The molecule has 6 nitrogen and oxygen atoms in total. The molecule has 2 N–H and O–H groups in total. The number of nitrogens with one attached hydrogen (secondary N) is 2. The van der Waals surface area contributed by atoms with Gasteiger partial charge in [0.2, 0.25) is 5.82 Å². The van der Waals surface area contributed by atoms with Crippen molar-refractivity contribution in [3.05, 3.63) is 59.4 Å². The van der Waals surface area contributed by atoms with Gasteiger partial charge in [-0.2, -0.15) is 5.21 Å². The van der Waals surface area contributed by atoms with Gasteiger partial charge >= 0.3 is 0 Å². The lowest BCUT2D eigenvalue weighted by atomic mass is 10.1. The Kier molecular flexibility index (Phi) is 3.61. The Bertz CT molecular complexity index is 817. The Morgan fingerprint density at radius 3 is 2.82 bits per heavy atom. The van der Waals surface area contributed by atoms with Crippen LogP contribution in [0.4, 0.5) is 10.1 Å². The molecule has 0 bridgehead atoms. The van der Waals surface area contributed by atoms with Crippen molar-refractivity contribution in [1.82, 2.24) is 20.6 Å². The van der Waals surface area contributed by atoms with Crippen LogP contribution in [0.5, 0.6) is 0 Å². The summed E-state index contributed by atoms with van der Waals surface area (Å²) in [5.74, 6) is -0.366. The summed E-state index contributed by atoms with van der Waals surface area (Å²) in [6.07, 6.45) is 0. The van der Waals surface area contributed by atoms with Crippen molar-refractivity contribution >= 4 is 11.6 Å². The van der Waals surface area contributed by atoms with E-state index in [2.05, 4.69) is 25.9 Å². The molecule has 1 amide bonds. The van der Waals surface area contributed by atoms with Gasteiger partial charge in [0, 0.05) is 16.8 Å². The highest BCUT2D eigenvalue weighted by Gasteiger charge is 2.10. The summed E-state index contributed by atoms with van der Waals surface area (Å²) >= 11 is 0. The summed E-state index contributed by atoms with van der Waals surface area (Å²) in [5.41, 5.74) is 2.03. The van der Waals surface area contributed by atoms with E-state index in [9.17, 15) is 9.18 Å². The lowest BCUT2D eigenvalue weighted by Gasteiger charge is -2.07. The number of tetrazole rings is 1. The van der Waals surface area contributed by atoms with E-state index in [4.69, 9.17) is 0 Å². The van der Waals surface area contributed by atoms with E-state index < -0.39 is 5.82 Å². The van der Waals surface area contributed by atoms with Gasteiger partial charge in [0.05, 0.1) is 0 Å². The summed E-state index contributed by atoms with van der Waals surface area (Å²) in [6.45, 7) is 1.64. The van der Waals surface area contributed by atoms with Crippen LogP contribution in [0.15, 0.2) is 42.5 Å². The van der Waals surface area contributed by atoms with Crippen LogP contribution in [-0.2, 0) is 0 Å². The van der Waals surface area contributed by atoms with Gasteiger partial charge in [-0.3, -0.25) is 4.79 Å². The molecular formula is C15H12FN5O. The number of anilines is 1. The SMILES string of the molecule is Cc1ccc(C(=O)Nc2cccc(-c3nn[nH]n3)c2)cc1F. The predicted octanol–water partition coefficient (Wildman–Crippen LogP) is 2.57. The average molecular weight is 297 g/mol. The maximum Gasteiger partial charge on any atom is 0.255 e. The van der Waals surface area contributed by atoms with Gasteiger partial charge in [0.1, 0.15) is 5.82 Å². The van der Waals surface area contributed by atoms with E-state index in [0.29, 0.717) is 22.6 Å². The third-order valence-corrected chi connectivity index (χ3v) is 3.16. The number of rotatable bonds is 3. The molecule has 0 aliphatic rings. The van der Waals surface area contributed by atoms with Gasteiger partial charge in [-0.05, 0) is 42.0 Å². The van der Waals surface area contributed by atoms with E-state index in [1.807, 2.05) is 0 Å². The molecule has 0 fully saturated rings. The van der Waals surface area contributed by atoms with Crippen molar-refractivity contribution in [2.45, 2.75) is 6.92 Å². The van der Waals surface area contributed by atoms with Crippen molar-refractivity contribution < 1.29 is 9.18 Å². The molecule has 0 saturated carbocycles. The van der Waals surface area contributed by atoms with Gasteiger partial charge in [-0.15, -0.1) is 10.2 Å². The molecule has 22 heavy (non-hydrogen) atoms. The largest absolute Gasteiger partial charge is 0.322 e. The Balaban J connectivity index is 1.82. The van der Waals surface area contributed by atoms with Crippen LogP contribution in [0, 0.1) is 12.7 Å². The van der Waals surface area contributed by atoms with Crippen LogP contribution >= 0.6 is 0 Å². The Hall–Kier alpha value is -3.09. The number of nitrogens with zero attached hydrogens (tertiary/aromatic N) is 3.